The highest BCUT2D eigenvalue weighted by Gasteiger charge is 2.15. The second-order valence-electron chi connectivity index (χ2n) is 5.41. The van der Waals surface area contributed by atoms with E-state index in [-0.39, 0.29) is 12.0 Å². The lowest BCUT2D eigenvalue weighted by atomic mass is 9.90. The van der Waals surface area contributed by atoms with Gasteiger partial charge in [-0.3, -0.25) is 0 Å². The molecule has 1 rings (SSSR count). The fourth-order valence-corrected chi connectivity index (χ4v) is 1.83. The zero-order valence-electron chi connectivity index (χ0n) is 11.3. The zero-order chi connectivity index (χ0) is 12.7. The summed E-state index contributed by atoms with van der Waals surface area (Å²) >= 11 is 0. The number of aryl methyl sites for hydroxylation is 1. The van der Waals surface area contributed by atoms with Gasteiger partial charge >= 0.3 is 0 Å². The highest BCUT2D eigenvalue weighted by molar-refractivity contribution is 5.22. The van der Waals surface area contributed by atoms with Crippen LogP contribution in [0.3, 0.4) is 0 Å². The van der Waals surface area contributed by atoms with Crippen LogP contribution < -0.4 is 5.32 Å². The average Bonchev–Trinajstić information content (AvgIpc) is 2.29. The molecule has 0 atom stereocenters. The maximum atomic E-state index is 8.95. The maximum absolute atomic E-state index is 8.95. The first-order chi connectivity index (χ1) is 8.07. The smallest absolute Gasteiger partial charge is 0.0436 e. The summed E-state index contributed by atoms with van der Waals surface area (Å²) in [4.78, 5) is 0. The molecule has 0 aliphatic heterocycles. The van der Waals surface area contributed by atoms with Crippen molar-refractivity contribution in [1.29, 1.82) is 0 Å². The van der Waals surface area contributed by atoms with Crippen LogP contribution in [0.25, 0.3) is 0 Å². The second kappa shape index (κ2) is 6.77. The van der Waals surface area contributed by atoms with E-state index in [1.54, 1.807) is 0 Å². The summed E-state index contributed by atoms with van der Waals surface area (Å²) in [6.07, 6.45) is 1.94. The van der Waals surface area contributed by atoms with Gasteiger partial charge in [-0.2, -0.15) is 0 Å². The van der Waals surface area contributed by atoms with Crippen LogP contribution in [-0.4, -0.2) is 18.3 Å². The number of hydrogen-bond acceptors (Lipinski definition) is 2. The van der Waals surface area contributed by atoms with Crippen molar-refractivity contribution in [3.8, 4) is 0 Å². The lowest BCUT2D eigenvalue weighted by Crippen LogP contribution is -2.29. The Morgan fingerprint density at radius 3 is 2.24 bits per heavy atom. The third kappa shape index (κ3) is 5.33. The normalized spacial score (nSPS) is 11.8. The Morgan fingerprint density at radius 2 is 1.71 bits per heavy atom. The van der Waals surface area contributed by atoms with Crippen molar-refractivity contribution in [3.05, 3.63) is 35.4 Å². The highest BCUT2D eigenvalue weighted by Crippen LogP contribution is 2.18. The van der Waals surface area contributed by atoms with Crippen molar-refractivity contribution in [3.63, 3.8) is 0 Å². The summed E-state index contributed by atoms with van der Waals surface area (Å²) < 4.78 is 0. The summed E-state index contributed by atoms with van der Waals surface area (Å²) in [5.74, 6) is 0. The molecule has 0 saturated heterocycles. The second-order valence-corrected chi connectivity index (χ2v) is 5.41. The minimum absolute atomic E-state index is 0.165. The van der Waals surface area contributed by atoms with Gasteiger partial charge in [0, 0.05) is 19.7 Å². The van der Waals surface area contributed by atoms with Gasteiger partial charge in [-0.15, -0.1) is 0 Å². The Bertz CT molecular complexity index is 316. The first-order valence-corrected chi connectivity index (χ1v) is 6.47. The molecule has 1 aromatic rings. The lowest BCUT2D eigenvalue weighted by molar-refractivity contribution is 0.207. The van der Waals surface area contributed by atoms with Gasteiger partial charge in [-0.05, 0) is 29.4 Å². The molecule has 0 aromatic heterocycles. The van der Waals surface area contributed by atoms with Crippen LogP contribution in [0.1, 0.15) is 38.3 Å². The van der Waals surface area contributed by atoms with Crippen LogP contribution in [0.4, 0.5) is 0 Å². The van der Waals surface area contributed by atoms with E-state index in [9.17, 15) is 0 Å². The van der Waals surface area contributed by atoms with Gasteiger partial charge in [0.15, 0.2) is 0 Å². The number of hydrogen-bond donors (Lipinski definition) is 2. The number of nitrogens with one attached hydrogen (secondary N) is 1. The minimum atomic E-state index is 0.165. The largest absolute Gasteiger partial charge is 0.396 e. The van der Waals surface area contributed by atoms with Crippen LogP contribution in [0, 0.1) is 5.41 Å². The van der Waals surface area contributed by atoms with Crippen LogP contribution in [0.2, 0.25) is 0 Å². The van der Waals surface area contributed by atoms with Gasteiger partial charge in [0.05, 0.1) is 0 Å². The predicted octanol–water partition coefficient (Wildman–Crippen LogP) is 2.75. The summed E-state index contributed by atoms with van der Waals surface area (Å²) in [6.45, 7) is 8.62. The monoisotopic (exact) mass is 235 g/mol. The van der Waals surface area contributed by atoms with Crippen LogP contribution in [-0.2, 0) is 13.0 Å². The molecule has 1 aromatic carbocycles. The summed E-state index contributed by atoms with van der Waals surface area (Å²) in [5, 5.41) is 12.4. The van der Waals surface area contributed by atoms with Gasteiger partial charge in [-0.1, -0.05) is 45.0 Å². The Hall–Kier alpha value is -0.860. The van der Waals surface area contributed by atoms with Gasteiger partial charge in [0.1, 0.15) is 0 Å². The van der Waals surface area contributed by atoms with Crippen molar-refractivity contribution < 1.29 is 5.11 Å². The van der Waals surface area contributed by atoms with E-state index in [1.165, 1.54) is 11.1 Å². The molecule has 0 aliphatic carbocycles. The van der Waals surface area contributed by atoms with Crippen molar-refractivity contribution in [1.82, 2.24) is 5.32 Å². The number of rotatable bonds is 7. The van der Waals surface area contributed by atoms with Crippen molar-refractivity contribution >= 4 is 0 Å². The zero-order valence-corrected chi connectivity index (χ0v) is 11.3. The first-order valence-electron chi connectivity index (χ1n) is 6.47. The Balaban J connectivity index is 2.35. The molecule has 17 heavy (non-hydrogen) atoms. The van der Waals surface area contributed by atoms with Crippen LogP contribution in [0.5, 0.6) is 0 Å². The fourth-order valence-electron chi connectivity index (χ4n) is 1.83. The molecule has 0 amide bonds. The fraction of sp³-hybridized carbons (Fsp3) is 0.600. The molecule has 0 aliphatic rings. The lowest BCUT2D eigenvalue weighted by Gasteiger charge is -2.24. The number of benzene rings is 1. The highest BCUT2D eigenvalue weighted by atomic mass is 16.3. The van der Waals surface area contributed by atoms with Crippen LogP contribution >= 0.6 is 0 Å². The molecule has 0 bridgehead atoms. The van der Waals surface area contributed by atoms with E-state index in [2.05, 4.69) is 50.4 Å². The molecular weight excluding hydrogens is 210 g/mol. The molecule has 0 spiro atoms. The molecule has 0 radical (unpaired) electrons. The molecule has 0 saturated carbocycles. The van der Waals surface area contributed by atoms with Crippen LogP contribution in [0.15, 0.2) is 24.3 Å². The van der Waals surface area contributed by atoms with E-state index in [1.807, 2.05) is 0 Å². The van der Waals surface area contributed by atoms with Crippen molar-refractivity contribution in [2.75, 3.05) is 13.2 Å². The Kier molecular flexibility index (Phi) is 5.66. The molecule has 0 unspecified atom stereocenters. The SMILES string of the molecule is CCc1ccc(CNCC(C)(C)CCO)cc1. The standard InChI is InChI=1S/C15H25NO/c1-4-13-5-7-14(8-6-13)11-16-12-15(2,3)9-10-17/h5-8,16-17H,4,9-12H2,1-3H3. The third-order valence-corrected chi connectivity index (χ3v) is 3.15. The molecular formula is C15H25NO. The van der Waals surface area contributed by atoms with Gasteiger partial charge in [0.2, 0.25) is 0 Å². The molecule has 96 valence electrons. The van der Waals surface area contributed by atoms with E-state index >= 15 is 0 Å². The number of aliphatic hydroxyl groups excluding tert-OH is 1. The summed E-state index contributed by atoms with van der Waals surface area (Å²) in [5.41, 5.74) is 2.87. The van der Waals surface area contributed by atoms with E-state index in [0.717, 1.165) is 25.9 Å². The first kappa shape index (κ1) is 14.2. The summed E-state index contributed by atoms with van der Waals surface area (Å²) in [7, 11) is 0. The molecule has 0 heterocycles. The maximum Gasteiger partial charge on any atom is 0.0436 e. The van der Waals surface area contributed by atoms with Gasteiger partial charge < -0.3 is 10.4 Å². The minimum Gasteiger partial charge on any atom is -0.396 e. The van der Waals surface area contributed by atoms with E-state index in [4.69, 9.17) is 5.11 Å². The molecule has 2 nitrogen and oxygen atoms in total. The van der Waals surface area contributed by atoms with Gasteiger partial charge in [0.25, 0.3) is 0 Å². The Labute approximate surface area is 105 Å². The summed E-state index contributed by atoms with van der Waals surface area (Å²) in [6, 6.07) is 8.75. The van der Waals surface area contributed by atoms with Gasteiger partial charge in [-0.25, -0.2) is 0 Å². The third-order valence-electron chi connectivity index (χ3n) is 3.15. The molecule has 2 N–H and O–H groups in total. The van der Waals surface area contributed by atoms with Crippen molar-refractivity contribution in [2.45, 2.75) is 40.2 Å². The Morgan fingerprint density at radius 1 is 1.12 bits per heavy atom. The average molecular weight is 235 g/mol. The molecule has 0 fully saturated rings. The van der Waals surface area contributed by atoms with Crippen molar-refractivity contribution in [2.24, 2.45) is 5.41 Å². The van der Waals surface area contributed by atoms with E-state index in [0.29, 0.717) is 0 Å². The predicted molar refractivity (Wildman–Crippen MR) is 73.0 cm³/mol. The molecule has 2 heteroatoms. The quantitative estimate of drug-likeness (QED) is 0.761. The number of aliphatic hydroxyl groups is 1. The van der Waals surface area contributed by atoms with E-state index < -0.39 is 0 Å². The topological polar surface area (TPSA) is 32.3 Å².